The first-order valence-corrected chi connectivity index (χ1v) is 6.73. The van der Waals surface area contributed by atoms with Crippen LogP contribution in [0.15, 0.2) is 23.1 Å². The summed E-state index contributed by atoms with van der Waals surface area (Å²) in [5.74, 6) is 0.553. The summed E-state index contributed by atoms with van der Waals surface area (Å²) in [5.41, 5.74) is 6.27. The van der Waals surface area contributed by atoms with Crippen molar-refractivity contribution in [1.82, 2.24) is 0 Å². The molecule has 0 saturated heterocycles. The number of hydrogen-bond donors (Lipinski definition) is 2. The van der Waals surface area contributed by atoms with Gasteiger partial charge in [0, 0.05) is 6.26 Å². The number of benzene rings is 1. The van der Waals surface area contributed by atoms with Gasteiger partial charge in [0.2, 0.25) is 0 Å². The summed E-state index contributed by atoms with van der Waals surface area (Å²) in [6, 6.07) is 4.87. The molecule has 1 unspecified atom stereocenters. The van der Waals surface area contributed by atoms with Crippen molar-refractivity contribution >= 4 is 15.4 Å². The van der Waals surface area contributed by atoms with Crippen LogP contribution in [-0.4, -0.2) is 16.6 Å². The molecular formula is C10H14N2O2S. The van der Waals surface area contributed by atoms with Gasteiger partial charge in [0.25, 0.3) is 0 Å². The third-order valence-corrected chi connectivity index (χ3v) is 3.41. The highest BCUT2D eigenvalue weighted by Crippen LogP contribution is 2.32. The van der Waals surface area contributed by atoms with Gasteiger partial charge in [-0.1, -0.05) is 0 Å². The molecule has 3 N–H and O–H groups in total. The molecule has 5 heteroatoms. The van der Waals surface area contributed by atoms with E-state index in [-0.39, 0.29) is 6.10 Å². The van der Waals surface area contributed by atoms with Gasteiger partial charge in [-0.2, -0.15) is 0 Å². The first-order valence-electron chi connectivity index (χ1n) is 4.77. The molecule has 0 aromatic heterocycles. The number of rotatable bonds is 3. The lowest BCUT2D eigenvalue weighted by atomic mass is 10.3. The number of anilines is 1. The van der Waals surface area contributed by atoms with Crippen molar-refractivity contribution in [2.24, 2.45) is 0 Å². The van der Waals surface area contributed by atoms with E-state index in [9.17, 15) is 4.21 Å². The zero-order valence-electron chi connectivity index (χ0n) is 8.53. The Kier molecular flexibility index (Phi) is 2.34. The van der Waals surface area contributed by atoms with E-state index >= 15 is 0 Å². The van der Waals surface area contributed by atoms with E-state index in [1.807, 2.05) is 0 Å². The van der Waals surface area contributed by atoms with Gasteiger partial charge in [-0.15, -0.1) is 0 Å². The Labute approximate surface area is 89.4 Å². The van der Waals surface area contributed by atoms with E-state index in [2.05, 4.69) is 0 Å². The number of nitrogen functional groups attached to an aromatic ring is 1. The summed E-state index contributed by atoms with van der Waals surface area (Å²) in [4.78, 5) is 0.465. The molecule has 82 valence electrons. The van der Waals surface area contributed by atoms with Crippen LogP contribution in [0.2, 0.25) is 0 Å². The normalized spacial score (nSPS) is 19.5. The Morgan fingerprint density at radius 1 is 1.53 bits per heavy atom. The minimum Gasteiger partial charge on any atom is -0.488 e. The molecule has 0 bridgehead atoms. The number of ether oxygens (including phenoxy) is 1. The third kappa shape index (κ3) is 2.41. The lowest BCUT2D eigenvalue weighted by molar-refractivity contribution is 0.304. The quantitative estimate of drug-likeness (QED) is 0.772. The molecule has 0 amide bonds. The van der Waals surface area contributed by atoms with Gasteiger partial charge in [-0.3, -0.25) is 0 Å². The third-order valence-electron chi connectivity index (χ3n) is 2.25. The second kappa shape index (κ2) is 3.41. The Balaban J connectivity index is 2.35. The van der Waals surface area contributed by atoms with Gasteiger partial charge in [0.05, 0.1) is 26.4 Å². The molecule has 1 aromatic carbocycles. The summed E-state index contributed by atoms with van der Waals surface area (Å²) >= 11 is 0. The van der Waals surface area contributed by atoms with E-state index in [0.717, 1.165) is 12.8 Å². The van der Waals surface area contributed by atoms with Crippen LogP contribution in [-0.2, 0) is 9.73 Å². The van der Waals surface area contributed by atoms with Crippen molar-refractivity contribution in [2.45, 2.75) is 23.8 Å². The van der Waals surface area contributed by atoms with Crippen LogP contribution in [0.5, 0.6) is 5.75 Å². The molecule has 0 heterocycles. The molecule has 1 atom stereocenters. The zero-order chi connectivity index (χ0) is 11.1. The highest BCUT2D eigenvalue weighted by molar-refractivity contribution is 7.91. The Morgan fingerprint density at radius 2 is 2.20 bits per heavy atom. The van der Waals surface area contributed by atoms with E-state index in [4.69, 9.17) is 15.3 Å². The maximum atomic E-state index is 11.5. The topological polar surface area (TPSA) is 76.2 Å². The molecule has 2 rings (SSSR count). The number of nitrogens with two attached hydrogens (primary N) is 1. The van der Waals surface area contributed by atoms with Crippen molar-refractivity contribution in [1.29, 1.82) is 4.78 Å². The molecule has 0 aliphatic heterocycles. The highest BCUT2D eigenvalue weighted by Gasteiger charge is 2.24. The monoisotopic (exact) mass is 226 g/mol. The lowest BCUT2D eigenvalue weighted by Gasteiger charge is -2.09. The molecular weight excluding hydrogens is 212 g/mol. The average molecular weight is 226 g/mol. The summed E-state index contributed by atoms with van der Waals surface area (Å²) in [6.07, 6.45) is 3.73. The fourth-order valence-corrected chi connectivity index (χ4v) is 1.88. The van der Waals surface area contributed by atoms with E-state index in [1.54, 1.807) is 18.2 Å². The van der Waals surface area contributed by atoms with Crippen LogP contribution < -0.4 is 10.5 Å². The molecule has 4 nitrogen and oxygen atoms in total. The van der Waals surface area contributed by atoms with Gasteiger partial charge in [0.15, 0.2) is 0 Å². The van der Waals surface area contributed by atoms with E-state index in [0.29, 0.717) is 16.3 Å². The van der Waals surface area contributed by atoms with Gasteiger partial charge < -0.3 is 10.5 Å². The van der Waals surface area contributed by atoms with Crippen LogP contribution >= 0.6 is 0 Å². The van der Waals surface area contributed by atoms with Crippen LogP contribution in [0.1, 0.15) is 12.8 Å². The van der Waals surface area contributed by atoms with E-state index < -0.39 is 9.73 Å². The fraction of sp³-hybridized carbons (Fsp3) is 0.400. The maximum absolute atomic E-state index is 11.5. The van der Waals surface area contributed by atoms with Crippen molar-refractivity contribution < 1.29 is 8.95 Å². The van der Waals surface area contributed by atoms with Crippen LogP contribution in [0.4, 0.5) is 5.69 Å². The van der Waals surface area contributed by atoms with Crippen molar-refractivity contribution in [3.05, 3.63) is 18.2 Å². The lowest BCUT2D eigenvalue weighted by Crippen LogP contribution is -2.02. The molecule has 0 spiro atoms. The molecule has 1 saturated carbocycles. The molecule has 15 heavy (non-hydrogen) atoms. The Morgan fingerprint density at radius 3 is 2.73 bits per heavy atom. The number of nitrogens with one attached hydrogen (secondary N) is 1. The molecule has 1 aromatic rings. The van der Waals surface area contributed by atoms with Crippen molar-refractivity contribution in [3.8, 4) is 5.75 Å². The van der Waals surface area contributed by atoms with Gasteiger partial charge in [0.1, 0.15) is 5.75 Å². The van der Waals surface area contributed by atoms with Gasteiger partial charge >= 0.3 is 0 Å². The smallest absolute Gasteiger partial charge is 0.143 e. The van der Waals surface area contributed by atoms with Crippen LogP contribution in [0.25, 0.3) is 0 Å². The summed E-state index contributed by atoms with van der Waals surface area (Å²) in [6.45, 7) is 0. The van der Waals surface area contributed by atoms with Crippen LogP contribution in [0.3, 0.4) is 0 Å². The standard InChI is InChI=1S/C10H14N2O2S/c1-15(12,13)8-4-5-9(11)10(6-8)14-7-2-3-7/h4-7,12H,2-3,11H2,1H3. The van der Waals surface area contributed by atoms with Crippen molar-refractivity contribution in [2.75, 3.05) is 12.0 Å². The first-order chi connectivity index (χ1) is 6.97. The first kappa shape index (κ1) is 10.3. The fourth-order valence-electron chi connectivity index (χ4n) is 1.22. The van der Waals surface area contributed by atoms with E-state index in [1.165, 1.54) is 6.26 Å². The molecule has 1 aliphatic carbocycles. The predicted molar refractivity (Wildman–Crippen MR) is 59.6 cm³/mol. The molecule has 0 radical (unpaired) electrons. The molecule has 1 aliphatic rings. The van der Waals surface area contributed by atoms with Crippen LogP contribution in [0, 0.1) is 4.78 Å². The summed E-state index contributed by atoms with van der Waals surface area (Å²) in [5, 5.41) is 0. The second-order valence-corrected chi connectivity index (χ2v) is 6.02. The number of hydrogen-bond acceptors (Lipinski definition) is 4. The minimum absolute atomic E-state index is 0.251. The van der Waals surface area contributed by atoms with Crippen molar-refractivity contribution in [3.63, 3.8) is 0 Å². The summed E-state index contributed by atoms with van der Waals surface area (Å²) < 4.78 is 24.6. The maximum Gasteiger partial charge on any atom is 0.143 e. The summed E-state index contributed by atoms with van der Waals surface area (Å²) in [7, 11) is -2.69. The largest absolute Gasteiger partial charge is 0.488 e. The van der Waals surface area contributed by atoms with Gasteiger partial charge in [-0.05, 0) is 31.0 Å². The second-order valence-electron chi connectivity index (χ2n) is 3.86. The minimum atomic E-state index is -2.69. The average Bonchev–Trinajstić information content (AvgIpc) is 2.90. The SMILES string of the molecule is CS(=N)(=O)c1ccc(N)c(OC2CC2)c1. The zero-order valence-corrected chi connectivity index (χ0v) is 9.34. The highest BCUT2D eigenvalue weighted by atomic mass is 32.2. The predicted octanol–water partition coefficient (Wildman–Crippen LogP) is 1.85. The van der Waals surface area contributed by atoms with Gasteiger partial charge in [-0.25, -0.2) is 8.99 Å². The molecule has 1 fully saturated rings. The Bertz CT molecular complexity index is 478. The Hall–Kier alpha value is -1.23.